The van der Waals surface area contributed by atoms with Crippen LogP contribution in [-0.4, -0.2) is 30.9 Å². The fourth-order valence-corrected chi connectivity index (χ4v) is 2.71. The maximum atomic E-state index is 11.2. The highest BCUT2D eigenvalue weighted by Crippen LogP contribution is 2.33. The standard InChI is InChI=1S/C14H16N4O3/c19-11-6-4-10(5-7-11)17-9-13(18(20)21)14(16-17)12-3-1-2-8-15-12/h1-3,8-11,19H,4-7H2/t10-,11+. The maximum Gasteiger partial charge on any atom is 0.316 e. The number of aromatic nitrogens is 3. The van der Waals surface area contributed by atoms with Crippen LogP contribution in [0.25, 0.3) is 11.4 Å². The van der Waals surface area contributed by atoms with E-state index in [1.54, 1.807) is 29.1 Å². The highest BCUT2D eigenvalue weighted by Gasteiger charge is 2.27. The van der Waals surface area contributed by atoms with E-state index >= 15 is 0 Å². The van der Waals surface area contributed by atoms with Crippen LogP contribution in [0.4, 0.5) is 5.69 Å². The lowest BCUT2D eigenvalue weighted by Gasteiger charge is -2.25. The lowest BCUT2D eigenvalue weighted by Crippen LogP contribution is -2.21. The van der Waals surface area contributed by atoms with Gasteiger partial charge in [0.15, 0.2) is 5.69 Å². The predicted octanol–water partition coefficient (Wildman–Crippen LogP) is 2.33. The molecule has 2 aromatic heterocycles. The van der Waals surface area contributed by atoms with Gasteiger partial charge in [-0.1, -0.05) is 6.07 Å². The van der Waals surface area contributed by atoms with E-state index < -0.39 is 4.92 Å². The molecule has 0 amide bonds. The molecule has 0 saturated heterocycles. The third-order valence-corrected chi connectivity index (χ3v) is 3.86. The minimum atomic E-state index is -0.425. The molecule has 7 heteroatoms. The fraction of sp³-hybridized carbons (Fsp3) is 0.429. The van der Waals surface area contributed by atoms with Crippen LogP contribution in [0, 0.1) is 10.1 Å². The molecule has 0 aromatic carbocycles. The Bertz CT molecular complexity index is 633. The smallest absolute Gasteiger partial charge is 0.316 e. The molecular weight excluding hydrogens is 272 g/mol. The van der Waals surface area contributed by atoms with Gasteiger partial charge in [-0.15, -0.1) is 0 Å². The van der Waals surface area contributed by atoms with E-state index in [-0.39, 0.29) is 17.8 Å². The molecule has 2 aromatic rings. The minimum absolute atomic E-state index is 0.0279. The summed E-state index contributed by atoms with van der Waals surface area (Å²) in [5.41, 5.74) is 0.769. The zero-order valence-electron chi connectivity index (χ0n) is 11.4. The normalized spacial score (nSPS) is 22.1. The molecule has 3 rings (SSSR count). The molecule has 0 spiro atoms. The molecule has 0 radical (unpaired) electrons. The number of hydrogen-bond acceptors (Lipinski definition) is 5. The van der Waals surface area contributed by atoms with Crippen molar-refractivity contribution in [3.63, 3.8) is 0 Å². The van der Waals surface area contributed by atoms with Crippen molar-refractivity contribution < 1.29 is 10.0 Å². The van der Waals surface area contributed by atoms with Crippen molar-refractivity contribution in [1.82, 2.24) is 14.8 Å². The molecule has 1 fully saturated rings. The van der Waals surface area contributed by atoms with Gasteiger partial charge in [0.05, 0.1) is 22.8 Å². The predicted molar refractivity (Wildman–Crippen MR) is 75.6 cm³/mol. The summed E-state index contributed by atoms with van der Waals surface area (Å²) < 4.78 is 1.66. The van der Waals surface area contributed by atoms with E-state index in [9.17, 15) is 15.2 Å². The molecule has 7 nitrogen and oxygen atoms in total. The van der Waals surface area contributed by atoms with Crippen molar-refractivity contribution >= 4 is 5.69 Å². The van der Waals surface area contributed by atoms with E-state index in [1.807, 2.05) is 0 Å². The van der Waals surface area contributed by atoms with Gasteiger partial charge < -0.3 is 5.11 Å². The first kappa shape index (κ1) is 13.7. The molecular formula is C14H16N4O3. The van der Waals surface area contributed by atoms with Gasteiger partial charge in [0.2, 0.25) is 0 Å². The number of nitrogens with zero attached hydrogens (tertiary/aromatic N) is 4. The summed E-state index contributed by atoms with van der Waals surface area (Å²) in [5, 5.41) is 25.2. The van der Waals surface area contributed by atoms with E-state index in [2.05, 4.69) is 10.1 Å². The largest absolute Gasteiger partial charge is 0.393 e. The number of nitro groups is 1. The van der Waals surface area contributed by atoms with E-state index in [0.29, 0.717) is 24.2 Å². The molecule has 0 atom stereocenters. The van der Waals surface area contributed by atoms with E-state index in [1.165, 1.54) is 6.20 Å². The minimum Gasteiger partial charge on any atom is -0.393 e. The fourth-order valence-electron chi connectivity index (χ4n) is 2.71. The summed E-state index contributed by atoms with van der Waals surface area (Å²) >= 11 is 0. The Morgan fingerprint density at radius 2 is 2.05 bits per heavy atom. The third-order valence-electron chi connectivity index (χ3n) is 3.86. The van der Waals surface area contributed by atoms with Crippen LogP contribution in [0.1, 0.15) is 31.7 Å². The summed E-state index contributed by atoms with van der Waals surface area (Å²) in [4.78, 5) is 14.9. The van der Waals surface area contributed by atoms with Gasteiger partial charge in [0.1, 0.15) is 6.20 Å². The topological polar surface area (TPSA) is 94.1 Å². The summed E-state index contributed by atoms with van der Waals surface area (Å²) in [6.45, 7) is 0. The quantitative estimate of drug-likeness (QED) is 0.691. The second-order valence-corrected chi connectivity index (χ2v) is 5.28. The van der Waals surface area contributed by atoms with E-state index in [0.717, 1.165) is 12.8 Å². The molecule has 0 aliphatic heterocycles. The maximum absolute atomic E-state index is 11.2. The molecule has 110 valence electrons. The first-order valence-corrected chi connectivity index (χ1v) is 6.98. The molecule has 0 unspecified atom stereocenters. The van der Waals surface area contributed by atoms with Crippen molar-refractivity contribution in [1.29, 1.82) is 0 Å². The van der Waals surface area contributed by atoms with E-state index in [4.69, 9.17) is 0 Å². The number of rotatable bonds is 3. The molecule has 1 N–H and O–H groups in total. The van der Waals surface area contributed by atoms with Gasteiger partial charge in [0.25, 0.3) is 0 Å². The number of aliphatic hydroxyl groups is 1. The van der Waals surface area contributed by atoms with Gasteiger partial charge in [-0.3, -0.25) is 19.8 Å². The van der Waals surface area contributed by atoms with Gasteiger partial charge >= 0.3 is 5.69 Å². The van der Waals surface area contributed by atoms with Gasteiger partial charge in [-0.05, 0) is 37.8 Å². The van der Waals surface area contributed by atoms with Crippen molar-refractivity contribution in [2.24, 2.45) is 0 Å². The first-order valence-electron chi connectivity index (χ1n) is 6.98. The number of pyridine rings is 1. The Hall–Kier alpha value is -2.28. The Balaban J connectivity index is 1.95. The van der Waals surface area contributed by atoms with Crippen molar-refractivity contribution in [2.75, 3.05) is 0 Å². The Morgan fingerprint density at radius 3 is 2.67 bits per heavy atom. The van der Waals surface area contributed by atoms with Gasteiger partial charge in [-0.2, -0.15) is 5.10 Å². The molecule has 21 heavy (non-hydrogen) atoms. The highest BCUT2D eigenvalue weighted by atomic mass is 16.6. The van der Waals surface area contributed by atoms with Crippen LogP contribution < -0.4 is 0 Å². The van der Waals surface area contributed by atoms with Crippen molar-refractivity contribution in [3.05, 3.63) is 40.7 Å². The second-order valence-electron chi connectivity index (χ2n) is 5.28. The molecule has 1 saturated carbocycles. The Labute approximate surface area is 121 Å². The monoisotopic (exact) mass is 288 g/mol. The van der Waals surface area contributed by atoms with Crippen molar-refractivity contribution in [3.8, 4) is 11.4 Å². The lowest BCUT2D eigenvalue weighted by molar-refractivity contribution is -0.384. The SMILES string of the molecule is O=[N+]([O-])c1cn([C@H]2CC[C@@H](O)CC2)nc1-c1ccccn1. The molecule has 2 heterocycles. The van der Waals surface area contributed by atoms with Crippen LogP contribution in [0.3, 0.4) is 0 Å². The summed E-state index contributed by atoms with van der Waals surface area (Å²) in [7, 11) is 0. The molecule has 1 aliphatic rings. The Morgan fingerprint density at radius 1 is 1.29 bits per heavy atom. The van der Waals surface area contributed by atoms with Crippen LogP contribution in [0.2, 0.25) is 0 Å². The highest BCUT2D eigenvalue weighted by molar-refractivity contribution is 5.65. The van der Waals surface area contributed by atoms with Gasteiger partial charge in [0, 0.05) is 6.20 Å². The average Bonchev–Trinajstić information content (AvgIpc) is 2.94. The molecule has 0 bridgehead atoms. The molecule has 1 aliphatic carbocycles. The first-order chi connectivity index (χ1) is 10.1. The summed E-state index contributed by atoms with van der Waals surface area (Å²) in [5.74, 6) is 0. The third kappa shape index (κ3) is 2.78. The lowest BCUT2D eigenvalue weighted by atomic mass is 9.93. The number of hydrogen-bond donors (Lipinski definition) is 1. The van der Waals surface area contributed by atoms with Crippen LogP contribution in [0.5, 0.6) is 0 Å². The summed E-state index contributed by atoms with van der Waals surface area (Å²) in [6, 6.07) is 5.35. The summed E-state index contributed by atoms with van der Waals surface area (Å²) in [6.07, 6.45) is 5.78. The zero-order chi connectivity index (χ0) is 14.8. The zero-order valence-corrected chi connectivity index (χ0v) is 11.4. The van der Waals surface area contributed by atoms with Crippen LogP contribution in [-0.2, 0) is 0 Å². The average molecular weight is 288 g/mol. The van der Waals surface area contributed by atoms with Crippen LogP contribution in [0.15, 0.2) is 30.6 Å². The van der Waals surface area contributed by atoms with Gasteiger partial charge in [-0.25, -0.2) is 0 Å². The van der Waals surface area contributed by atoms with Crippen molar-refractivity contribution in [2.45, 2.75) is 37.8 Å². The van der Waals surface area contributed by atoms with Crippen LogP contribution >= 0.6 is 0 Å². The second kappa shape index (κ2) is 5.61. The Kier molecular flexibility index (Phi) is 3.66. The number of aliphatic hydroxyl groups excluding tert-OH is 1.